The van der Waals surface area contributed by atoms with E-state index in [-0.39, 0.29) is 0 Å². The molecule has 0 aliphatic rings. The molecule has 0 fully saturated rings. The van der Waals surface area contributed by atoms with Crippen LogP contribution >= 0.6 is 0 Å². The summed E-state index contributed by atoms with van der Waals surface area (Å²) >= 11 is 0. The second-order valence-electron chi connectivity index (χ2n) is 5.04. The fourth-order valence-corrected chi connectivity index (χ4v) is 2.07. The van der Waals surface area contributed by atoms with Gasteiger partial charge in [-0.2, -0.15) is 0 Å². The van der Waals surface area contributed by atoms with Crippen molar-refractivity contribution in [3.63, 3.8) is 0 Å². The Hall–Kier alpha value is -0.720. The van der Waals surface area contributed by atoms with Gasteiger partial charge in [0.1, 0.15) is 0 Å². The molecule has 1 heteroatoms. The Kier molecular flexibility index (Phi) is 3.41. The summed E-state index contributed by atoms with van der Waals surface area (Å²) in [6.07, 6.45) is 2.19. The van der Waals surface area contributed by atoms with E-state index in [1.54, 1.807) is 0 Å². The van der Waals surface area contributed by atoms with Gasteiger partial charge in [-0.25, -0.2) is 0 Å². The highest BCUT2D eigenvalue weighted by atomic mass is 14.7. The Morgan fingerprint density at radius 3 is 1.79 bits per heavy atom. The molecule has 1 aromatic heterocycles. The van der Waals surface area contributed by atoms with E-state index >= 15 is 0 Å². The lowest BCUT2D eigenvalue weighted by atomic mass is 9.90. The van der Waals surface area contributed by atoms with Crippen molar-refractivity contribution >= 4 is 0 Å². The maximum absolute atomic E-state index is 3.44. The van der Waals surface area contributed by atoms with Crippen LogP contribution in [-0.4, -0.2) is 4.98 Å². The number of hydrogen-bond donors (Lipinski definition) is 1. The fourth-order valence-electron chi connectivity index (χ4n) is 2.07. The number of hydrogen-bond acceptors (Lipinski definition) is 0. The SMILES string of the molecule is CC(C)c1c[nH]c(C(C)C)c1C(C)C. The smallest absolute Gasteiger partial charge is 0.0211 e. The molecule has 0 radical (unpaired) electrons. The number of H-pyrrole nitrogens is 1. The molecule has 0 unspecified atom stereocenters. The normalized spacial score (nSPS) is 12.1. The van der Waals surface area contributed by atoms with Gasteiger partial charge in [0.25, 0.3) is 0 Å². The van der Waals surface area contributed by atoms with Crippen LogP contribution in [0.1, 0.15) is 76.1 Å². The molecule has 0 atom stereocenters. The molecule has 0 aromatic carbocycles. The summed E-state index contributed by atoms with van der Waals surface area (Å²) in [4.78, 5) is 3.44. The number of aromatic amines is 1. The molecule has 1 aromatic rings. The summed E-state index contributed by atoms with van der Waals surface area (Å²) in [7, 11) is 0. The average molecular weight is 193 g/mol. The third kappa shape index (κ3) is 2.02. The minimum Gasteiger partial charge on any atom is -0.364 e. The predicted octanol–water partition coefficient (Wildman–Crippen LogP) is 4.38. The average Bonchev–Trinajstić information content (AvgIpc) is 2.46. The first-order valence-corrected chi connectivity index (χ1v) is 5.66. The molecule has 0 aliphatic carbocycles. The van der Waals surface area contributed by atoms with E-state index in [4.69, 9.17) is 0 Å². The molecule has 0 bridgehead atoms. The molecular weight excluding hydrogens is 170 g/mol. The van der Waals surface area contributed by atoms with Gasteiger partial charge in [-0.05, 0) is 28.9 Å². The van der Waals surface area contributed by atoms with Crippen molar-refractivity contribution in [2.45, 2.75) is 59.3 Å². The van der Waals surface area contributed by atoms with E-state index in [1.807, 2.05) is 0 Å². The minimum absolute atomic E-state index is 0.597. The van der Waals surface area contributed by atoms with Gasteiger partial charge in [0.15, 0.2) is 0 Å². The number of nitrogens with one attached hydrogen (secondary N) is 1. The van der Waals surface area contributed by atoms with E-state index in [1.165, 1.54) is 16.8 Å². The maximum Gasteiger partial charge on any atom is 0.0211 e. The summed E-state index contributed by atoms with van der Waals surface area (Å²) in [5.41, 5.74) is 4.45. The maximum atomic E-state index is 3.44. The molecule has 0 aliphatic heterocycles. The Bertz CT molecular complexity index is 267. The van der Waals surface area contributed by atoms with Crippen molar-refractivity contribution in [2.24, 2.45) is 0 Å². The van der Waals surface area contributed by atoms with Crippen molar-refractivity contribution in [2.75, 3.05) is 0 Å². The lowest BCUT2D eigenvalue weighted by Gasteiger charge is -2.14. The molecule has 0 spiro atoms. The Balaban J connectivity index is 3.20. The van der Waals surface area contributed by atoms with Gasteiger partial charge in [0.2, 0.25) is 0 Å². The highest BCUT2D eigenvalue weighted by molar-refractivity contribution is 5.37. The van der Waals surface area contributed by atoms with E-state index in [2.05, 4.69) is 52.7 Å². The zero-order chi connectivity index (χ0) is 10.9. The molecule has 1 rings (SSSR count). The lowest BCUT2D eigenvalue weighted by Crippen LogP contribution is -2.00. The van der Waals surface area contributed by atoms with Crippen LogP contribution in [0.2, 0.25) is 0 Å². The molecule has 1 nitrogen and oxygen atoms in total. The predicted molar refractivity (Wildman–Crippen MR) is 63.1 cm³/mol. The Morgan fingerprint density at radius 2 is 1.43 bits per heavy atom. The van der Waals surface area contributed by atoms with Crippen LogP contribution < -0.4 is 0 Å². The van der Waals surface area contributed by atoms with E-state index in [9.17, 15) is 0 Å². The van der Waals surface area contributed by atoms with Crippen LogP contribution in [0.3, 0.4) is 0 Å². The minimum atomic E-state index is 0.597. The monoisotopic (exact) mass is 193 g/mol. The second-order valence-corrected chi connectivity index (χ2v) is 5.04. The molecule has 0 amide bonds. The Morgan fingerprint density at radius 1 is 0.857 bits per heavy atom. The van der Waals surface area contributed by atoms with Crippen LogP contribution in [0.4, 0.5) is 0 Å². The van der Waals surface area contributed by atoms with Crippen molar-refractivity contribution in [3.8, 4) is 0 Å². The molecule has 0 saturated carbocycles. The van der Waals surface area contributed by atoms with Crippen LogP contribution in [0.25, 0.3) is 0 Å². The van der Waals surface area contributed by atoms with E-state index in [0.29, 0.717) is 17.8 Å². The fraction of sp³-hybridized carbons (Fsp3) is 0.692. The summed E-state index contributed by atoms with van der Waals surface area (Å²) in [6.45, 7) is 13.6. The highest BCUT2D eigenvalue weighted by Crippen LogP contribution is 2.32. The molecule has 14 heavy (non-hydrogen) atoms. The van der Waals surface area contributed by atoms with Crippen molar-refractivity contribution in [1.82, 2.24) is 4.98 Å². The molecule has 1 N–H and O–H groups in total. The van der Waals surface area contributed by atoms with Crippen molar-refractivity contribution in [1.29, 1.82) is 0 Å². The lowest BCUT2D eigenvalue weighted by molar-refractivity contribution is 0.753. The van der Waals surface area contributed by atoms with Gasteiger partial charge >= 0.3 is 0 Å². The first-order chi connectivity index (χ1) is 6.45. The zero-order valence-electron chi connectivity index (χ0n) is 10.3. The third-order valence-corrected chi connectivity index (χ3v) is 2.76. The topological polar surface area (TPSA) is 15.8 Å². The summed E-state index contributed by atoms with van der Waals surface area (Å²) < 4.78 is 0. The molecular formula is C13H23N. The van der Waals surface area contributed by atoms with Gasteiger partial charge in [-0.1, -0.05) is 41.5 Å². The standard InChI is InChI=1S/C13H23N/c1-8(2)11-7-14-13(10(5)6)12(11)9(3)4/h7-10,14H,1-6H3. The number of rotatable bonds is 3. The zero-order valence-corrected chi connectivity index (χ0v) is 10.3. The van der Waals surface area contributed by atoms with Crippen molar-refractivity contribution in [3.05, 3.63) is 23.0 Å². The van der Waals surface area contributed by atoms with Gasteiger partial charge in [-0.15, -0.1) is 0 Å². The number of aromatic nitrogens is 1. The first kappa shape index (κ1) is 11.4. The van der Waals surface area contributed by atoms with Gasteiger partial charge < -0.3 is 4.98 Å². The van der Waals surface area contributed by atoms with Crippen LogP contribution in [0, 0.1) is 0 Å². The first-order valence-electron chi connectivity index (χ1n) is 5.66. The Labute approximate surface area is 87.9 Å². The van der Waals surface area contributed by atoms with Gasteiger partial charge in [0.05, 0.1) is 0 Å². The van der Waals surface area contributed by atoms with Crippen molar-refractivity contribution < 1.29 is 0 Å². The summed E-state index contributed by atoms with van der Waals surface area (Å²) in [5, 5.41) is 0. The van der Waals surface area contributed by atoms with Crippen LogP contribution in [0.5, 0.6) is 0 Å². The third-order valence-electron chi connectivity index (χ3n) is 2.76. The van der Waals surface area contributed by atoms with Gasteiger partial charge in [-0.3, -0.25) is 0 Å². The second kappa shape index (κ2) is 4.20. The van der Waals surface area contributed by atoms with Gasteiger partial charge in [0, 0.05) is 11.9 Å². The molecule has 0 saturated heterocycles. The quantitative estimate of drug-likeness (QED) is 0.733. The molecule has 80 valence electrons. The van der Waals surface area contributed by atoms with E-state index in [0.717, 1.165) is 0 Å². The van der Waals surface area contributed by atoms with Crippen LogP contribution in [-0.2, 0) is 0 Å². The highest BCUT2D eigenvalue weighted by Gasteiger charge is 2.17. The summed E-state index contributed by atoms with van der Waals surface area (Å²) in [5.74, 6) is 1.84. The molecule has 1 heterocycles. The van der Waals surface area contributed by atoms with Crippen LogP contribution in [0.15, 0.2) is 6.20 Å². The van der Waals surface area contributed by atoms with E-state index < -0.39 is 0 Å². The summed E-state index contributed by atoms with van der Waals surface area (Å²) in [6, 6.07) is 0. The largest absolute Gasteiger partial charge is 0.364 e.